The van der Waals surface area contributed by atoms with Crippen LogP contribution < -0.4 is 4.72 Å². The zero-order valence-corrected chi connectivity index (χ0v) is 13.3. The number of benzene rings is 1. The Kier molecular flexibility index (Phi) is 4.73. The molecule has 2 N–H and O–H groups in total. The minimum atomic E-state index is -3.77. The molecule has 1 aromatic heterocycles. The van der Waals surface area contributed by atoms with Gasteiger partial charge in [-0.3, -0.25) is 0 Å². The van der Waals surface area contributed by atoms with E-state index in [1.54, 1.807) is 38.1 Å². The number of aryl methyl sites for hydroxylation is 2. The Labute approximate surface area is 128 Å². The predicted octanol–water partition coefficient (Wildman–Crippen LogP) is 2.52. The predicted molar refractivity (Wildman–Crippen MR) is 79.6 cm³/mol. The summed E-state index contributed by atoms with van der Waals surface area (Å²) >= 11 is 5.86. The molecule has 0 fully saturated rings. The third-order valence-corrected chi connectivity index (χ3v) is 4.94. The number of halogens is 1. The second-order valence-corrected chi connectivity index (χ2v) is 6.77. The van der Waals surface area contributed by atoms with Crippen molar-refractivity contribution in [2.24, 2.45) is 0 Å². The van der Waals surface area contributed by atoms with Gasteiger partial charge in [0.2, 0.25) is 10.0 Å². The fourth-order valence-electron chi connectivity index (χ4n) is 2.14. The van der Waals surface area contributed by atoms with E-state index in [0.29, 0.717) is 10.8 Å². The van der Waals surface area contributed by atoms with E-state index in [4.69, 9.17) is 16.0 Å². The third kappa shape index (κ3) is 3.47. The summed E-state index contributed by atoms with van der Waals surface area (Å²) in [6, 6.07) is 6.92. The summed E-state index contributed by atoms with van der Waals surface area (Å²) in [5, 5.41) is 9.87. The lowest BCUT2D eigenvalue weighted by Crippen LogP contribution is -2.24. The molecule has 21 heavy (non-hydrogen) atoms. The van der Waals surface area contributed by atoms with Crippen molar-refractivity contribution in [1.29, 1.82) is 0 Å². The van der Waals surface area contributed by atoms with Crippen LogP contribution in [0.15, 0.2) is 33.6 Å². The number of hydrogen-bond donors (Lipinski definition) is 2. The highest BCUT2D eigenvalue weighted by Crippen LogP contribution is 2.26. The smallest absolute Gasteiger partial charge is 0.244 e. The number of aliphatic hydroxyl groups is 1. The monoisotopic (exact) mass is 329 g/mol. The molecule has 114 valence electrons. The summed E-state index contributed by atoms with van der Waals surface area (Å²) in [5.74, 6) is 0.660. The average Bonchev–Trinajstić information content (AvgIpc) is 2.71. The molecule has 2 aromatic rings. The molecule has 0 saturated heterocycles. The minimum Gasteiger partial charge on any atom is -0.465 e. The van der Waals surface area contributed by atoms with Gasteiger partial charge in [0, 0.05) is 17.1 Å². The van der Waals surface area contributed by atoms with Crippen LogP contribution >= 0.6 is 11.6 Å². The number of hydrogen-bond acceptors (Lipinski definition) is 4. The summed E-state index contributed by atoms with van der Waals surface area (Å²) in [4.78, 5) is 0.00419. The lowest BCUT2D eigenvalue weighted by Gasteiger charge is -2.08. The van der Waals surface area contributed by atoms with E-state index in [2.05, 4.69) is 4.72 Å². The van der Waals surface area contributed by atoms with Crippen molar-refractivity contribution in [3.8, 4) is 0 Å². The van der Waals surface area contributed by atoms with E-state index < -0.39 is 16.6 Å². The van der Waals surface area contributed by atoms with Crippen molar-refractivity contribution in [2.45, 2.75) is 31.9 Å². The van der Waals surface area contributed by atoms with Crippen molar-refractivity contribution in [3.05, 3.63) is 51.9 Å². The van der Waals surface area contributed by atoms with E-state index in [-0.39, 0.29) is 22.8 Å². The van der Waals surface area contributed by atoms with Gasteiger partial charge in [-0.05, 0) is 31.5 Å². The molecule has 0 aliphatic carbocycles. The quantitative estimate of drug-likeness (QED) is 0.883. The lowest BCUT2D eigenvalue weighted by atomic mass is 10.2. The zero-order chi connectivity index (χ0) is 15.6. The molecule has 7 heteroatoms. The summed E-state index contributed by atoms with van der Waals surface area (Å²) in [6.07, 6.45) is 0. The van der Waals surface area contributed by atoms with Crippen LogP contribution in [-0.2, 0) is 23.2 Å². The first-order valence-electron chi connectivity index (χ1n) is 6.29. The highest BCUT2D eigenvalue weighted by molar-refractivity contribution is 7.89. The second-order valence-electron chi connectivity index (χ2n) is 4.63. The van der Waals surface area contributed by atoms with Crippen LogP contribution in [0.3, 0.4) is 0 Å². The van der Waals surface area contributed by atoms with Crippen LogP contribution in [0, 0.1) is 13.8 Å². The Hall–Kier alpha value is -1.34. The van der Waals surface area contributed by atoms with Crippen LogP contribution in [-0.4, -0.2) is 13.5 Å². The maximum absolute atomic E-state index is 12.4. The molecule has 0 bridgehead atoms. The summed E-state index contributed by atoms with van der Waals surface area (Å²) < 4.78 is 32.6. The molecule has 1 heterocycles. The van der Waals surface area contributed by atoms with Gasteiger partial charge in [-0.25, -0.2) is 13.1 Å². The number of aliphatic hydroxyl groups excluding tert-OH is 1. The van der Waals surface area contributed by atoms with Gasteiger partial charge in [0.05, 0.1) is 6.61 Å². The van der Waals surface area contributed by atoms with Crippen LogP contribution in [0.4, 0.5) is 0 Å². The summed E-state index contributed by atoms with van der Waals surface area (Å²) in [5.41, 5.74) is 1.03. The van der Waals surface area contributed by atoms with Gasteiger partial charge in [0.25, 0.3) is 0 Å². The first-order chi connectivity index (χ1) is 9.85. The maximum Gasteiger partial charge on any atom is 0.244 e. The highest BCUT2D eigenvalue weighted by atomic mass is 35.5. The Morgan fingerprint density at radius 2 is 2.00 bits per heavy atom. The normalized spacial score (nSPS) is 11.8. The second kappa shape index (κ2) is 6.19. The van der Waals surface area contributed by atoms with Gasteiger partial charge in [0.1, 0.15) is 16.4 Å². The lowest BCUT2D eigenvalue weighted by molar-refractivity contribution is 0.276. The van der Waals surface area contributed by atoms with Crippen LogP contribution in [0.2, 0.25) is 5.02 Å². The van der Waals surface area contributed by atoms with E-state index in [1.165, 1.54) is 0 Å². The van der Waals surface area contributed by atoms with Crippen LogP contribution in [0.1, 0.15) is 22.6 Å². The number of sulfonamides is 1. The largest absolute Gasteiger partial charge is 0.465 e. The molecule has 0 spiro atoms. The fraction of sp³-hybridized carbons (Fsp3) is 0.286. The van der Waals surface area contributed by atoms with E-state index in [9.17, 15) is 13.5 Å². The number of rotatable bonds is 5. The van der Waals surface area contributed by atoms with Crippen molar-refractivity contribution in [2.75, 3.05) is 0 Å². The Bertz CT molecular complexity index is 752. The fourth-order valence-corrected chi connectivity index (χ4v) is 3.81. The molecule has 2 rings (SSSR count). The summed E-state index contributed by atoms with van der Waals surface area (Å²) in [7, 11) is -3.77. The average molecular weight is 330 g/mol. The first kappa shape index (κ1) is 16.0. The van der Waals surface area contributed by atoms with Crippen molar-refractivity contribution >= 4 is 21.6 Å². The van der Waals surface area contributed by atoms with E-state index in [0.717, 1.165) is 5.56 Å². The summed E-state index contributed by atoms with van der Waals surface area (Å²) in [6.45, 7) is 2.89. The molecule has 5 nitrogen and oxygen atoms in total. The van der Waals surface area contributed by atoms with Crippen LogP contribution in [0.5, 0.6) is 0 Å². The Balaban J connectivity index is 2.27. The number of nitrogens with one attached hydrogen (secondary N) is 1. The van der Waals surface area contributed by atoms with Gasteiger partial charge < -0.3 is 9.52 Å². The molecule has 0 saturated carbocycles. The van der Waals surface area contributed by atoms with Gasteiger partial charge >= 0.3 is 0 Å². The van der Waals surface area contributed by atoms with Gasteiger partial charge in [-0.2, -0.15) is 0 Å². The maximum atomic E-state index is 12.4. The molecule has 0 aliphatic rings. The zero-order valence-electron chi connectivity index (χ0n) is 11.7. The first-order valence-corrected chi connectivity index (χ1v) is 8.15. The molecule has 0 amide bonds. The third-order valence-electron chi connectivity index (χ3n) is 3.11. The molecular formula is C14H16ClNO4S. The minimum absolute atomic E-state index is 0.00419. The van der Waals surface area contributed by atoms with E-state index >= 15 is 0 Å². The molecule has 1 aromatic carbocycles. The number of furan rings is 1. The Morgan fingerprint density at radius 3 is 2.62 bits per heavy atom. The van der Waals surface area contributed by atoms with Crippen molar-refractivity contribution in [1.82, 2.24) is 4.72 Å². The van der Waals surface area contributed by atoms with Crippen molar-refractivity contribution < 1.29 is 17.9 Å². The molecule has 0 atom stereocenters. The Morgan fingerprint density at radius 1 is 1.29 bits per heavy atom. The topological polar surface area (TPSA) is 79.5 Å². The van der Waals surface area contributed by atoms with Crippen molar-refractivity contribution in [3.63, 3.8) is 0 Å². The van der Waals surface area contributed by atoms with Gasteiger partial charge in [-0.15, -0.1) is 0 Å². The molecule has 0 unspecified atom stereocenters. The molecular weight excluding hydrogens is 314 g/mol. The molecule has 0 radical (unpaired) electrons. The standard InChI is InChI=1S/C14H16ClNO4S/c1-9-13(8-17)14(10(2)20-9)21(18,19)16-7-11-4-3-5-12(15)6-11/h3-6,16-17H,7-8H2,1-2H3. The van der Waals surface area contributed by atoms with Gasteiger partial charge in [0.15, 0.2) is 0 Å². The SMILES string of the molecule is Cc1oc(C)c(S(=O)(=O)NCc2cccc(Cl)c2)c1CO. The van der Waals surface area contributed by atoms with E-state index in [1.807, 2.05) is 0 Å². The van der Waals surface area contributed by atoms with Crippen LogP contribution in [0.25, 0.3) is 0 Å². The molecule has 0 aliphatic heterocycles. The highest BCUT2D eigenvalue weighted by Gasteiger charge is 2.26. The van der Waals surface area contributed by atoms with Gasteiger partial charge in [-0.1, -0.05) is 23.7 Å².